The lowest BCUT2D eigenvalue weighted by Crippen LogP contribution is -2.19. The average Bonchev–Trinajstić information content (AvgIpc) is 2.13. The minimum absolute atomic E-state index is 0.00685. The maximum Gasteiger partial charge on any atom is 0.422 e. The molecule has 0 aromatic heterocycles. The van der Waals surface area contributed by atoms with E-state index in [9.17, 15) is 13.2 Å². The van der Waals surface area contributed by atoms with Gasteiger partial charge in [0.25, 0.3) is 0 Å². The third-order valence-corrected chi connectivity index (χ3v) is 2.40. The minimum atomic E-state index is -4.42. The van der Waals surface area contributed by atoms with Crippen molar-refractivity contribution in [3.63, 3.8) is 0 Å². The first kappa shape index (κ1) is 13.7. The first-order chi connectivity index (χ1) is 7.33. The van der Waals surface area contributed by atoms with Crippen molar-refractivity contribution in [2.75, 3.05) is 6.61 Å². The highest BCUT2D eigenvalue weighted by atomic mass is 35.5. The SMILES string of the molecule is FC(F)(F)COc1c(Cl)cc(Cl)cc1CCl. The molecule has 0 N–H and O–H groups in total. The van der Waals surface area contributed by atoms with Crippen LogP contribution in [0, 0.1) is 0 Å². The summed E-state index contributed by atoms with van der Waals surface area (Å²) < 4.78 is 40.5. The van der Waals surface area contributed by atoms with Gasteiger partial charge in [-0.1, -0.05) is 23.2 Å². The van der Waals surface area contributed by atoms with Gasteiger partial charge in [0.1, 0.15) is 5.75 Å². The Balaban J connectivity index is 2.94. The largest absolute Gasteiger partial charge is 0.482 e. The molecule has 1 rings (SSSR count). The van der Waals surface area contributed by atoms with Gasteiger partial charge in [-0.3, -0.25) is 0 Å². The molecule has 0 amide bonds. The normalized spacial score (nSPS) is 11.6. The van der Waals surface area contributed by atoms with Crippen molar-refractivity contribution in [3.05, 3.63) is 27.7 Å². The lowest BCUT2D eigenvalue weighted by Gasteiger charge is -2.13. The van der Waals surface area contributed by atoms with Gasteiger partial charge in [0.15, 0.2) is 6.61 Å². The number of hydrogen-bond acceptors (Lipinski definition) is 1. The summed E-state index contributed by atoms with van der Waals surface area (Å²) in [5.41, 5.74) is 0.323. The second-order valence-corrected chi connectivity index (χ2v) is 4.02. The molecule has 0 heterocycles. The van der Waals surface area contributed by atoms with E-state index >= 15 is 0 Å². The highest BCUT2D eigenvalue weighted by Crippen LogP contribution is 2.34. The smallest absolute Gasteiger partial charge is 0.422 e. The highest BCUT2D eigenvalue weighted by Gasteiger charge is 2.29. The molecular weight excluding hydrogens is 287 g/mol. The first-order valence-electron chi connectivity index (χ1n) is 4.07. The van der Waals surface area contributed by atoms with Crippen LogP contribution in [-0.4, -0.2) is 12.8 Å². The van der Waals surface area contributed by atoms with Crippen molar-refractivity contribution in [1.29, 1.82) is 0 Å². The zero-order valence-corrected chi connectivity index (χ0v) is 10.0. The lowest BCUT2D eigenvalue weighted by atomic mass is 10.2. The molecule has 0 saturated heterocycles. The number of benzene rings is 1. The van der Waals surface area contributed by atoms with E-state index in [0.717, 1.165) is 0 Å². The van der Waals surface area contributed by atoms with Crippen LogP contribution >= 0.6 is 34.8 Å². The Bertz CT molecular complexity index is 379. The van der Waals surface area contributed by atoms with Crippen LogP contribution in [0.1, 0.15) is 5.56 Å². The van der Waals surface area contributed by atoms with Crippen molar-refractivity contribution < 1.29 is 17.9 Å². The van der Waals surface area contributed by atoms with Crippen molar-refractivity contribution in [2.24, 2.45) is 0 Å². The topological polar surface area (TPSA) is 9.23 Å². The molecule has 0 unspecified atom stereocenters. The zero-order chi connectivity index (χ0) is 12.3. The summed E-state index contributed by atoms with van der Waals surface area (Å²) in [6.07, 6.45) is -4.42. The van der Waals surface area contributed by atoms with Crippen molar-refractivity contribution >= 4 is 34.8 Å². The average molecular weight is 293 g/mol. The molecule has 0 aliphatic carbocycles. The zero-order valence-electron chi connectivity index (χ0n) is 7.74. The predicted octanol–water partition coefficient (Wildman–Crippen LogP) is 4.67. The molecule has 16 heavy (non-hydrogen) atoms. The summed E-state index contributed by atoms with van der Waals surface area (Å²) in [5.74, 6) is -0.119. The van der Waals surface area contributed by atoms with E-state index in [1.54, 1.807) is 0 Å². The van der Waals surface area contributed by atoms with Gasteiger partial charge in [0.2, 0.25) is 0 Å². The summed E-state index contributed by atoms with van der Waals surface area (Å²) >= 11 is 16.9. The van der Waals surface area contributed by atoms with E-state index in [-0.39, 0.29) is 16.7 Å². The Morgan fingerprint density at radius 2 is 1.81 bits per heavy atom. The van der Waals surface area contributed by atoms with Crippen molar-refractivity contribution in [3.8, 4) is 5.75 Å². The number of ether oxygens (including phenoxy) is 1. The molecule has 0 aliphatic rings. The van der Waals surface area contributed by atoms with E-state index < -0.39 is 12.8 Å². The maximum absolute atomic E-state index is 12.0. The fourth-order valence-corrected chi connectivity index (χ4v) is 1.82. The molecule has 0 bridgehead atoms. The van der Waals surface area contributed by atoms with Gasteiger partial charge in [0.05, 0.1) is 10.9 Å². The Morgan fingerprint density at radius 3 is 2.31 bits per heavy atom. The van der Waals surface area contributed by atoms with Crippen LogP contribution < -0.4 is 4.74 Å². The summed E-state index contributed by atoms with van der Waals surface area (Å²) in [7, 11) is 0. The molecule has 0 atom stereocenters. The van der Waals surface area contributed by atoms with Crippen LogP contribution in [0.25, 0.3) is 0 Å². The Labute approximate surface area is 105 Å². The molecule has 7 heteroatoms. The van der Waals surface area contributed by atoms with Gasteiger partial charge in [-0.15, -0.1) is 11.6 Å². The molecule has 90 valence electrons. The quantitative estimate of drug-likeness (QED) is 0.736. The van der Waals surface area contributed by atoms with Gasteiger partial charge in [-0.2, -0.15) is 13.2 Å². The first-order valence-corrected chi connectivity index (χ1v) is 5.36. The van der Waals surface area contributed by atoms with Gasteiger partial charge >= 0.3 is 6.18 Å². The molecule has 0 spiro atoms. The Morgan fingerprint density at radius 1 is 1.19 bits per heavy atom. The number of rotatable bonds is 3. The van der Waals surface area contributed by atoms with Crippen molar-refractivity contribution in [2.45, 2.75) is 12.1 Å². The lowest BCUT2D eigenvalue weighted by molar-refractivity contribution is -0.153. The number of alkyl halides is 4. The standard InChI is InChI=1S/C9H6Cl3F3O/c10-3-5-1-6(11)2-7(12)8(5)16-4-9(13,14)15/h1-2H,3-4H2. The van der Waals surface area contributed by atoms with E-state index in [4.69, 9.17) is 34.8 Å². The third kappa shape index (κ3) is 3.92. The summed E-state index contributed by atoms with van der Waals surface area (Å²) in [4.78, 5) is 0. The van der Waals surface area contributed by atoms with Gasteiger partial charge < -0.3 is 4.74 Å². The molecular formula is C9H6Cl3F3O. The Kier molecular flexibility index (Phi) is 4.59. The summed E-state index contributed by atoms with van der Waals surface area (Å²) in [6.45, 7) is -1.42. The second kappa shape index (κ2) is 5.34. The number of halogens is 6. The molecule has 1 nitrogen and oxygen atoms in total. The van der Waals surface area contributed by atoms with Crippen LogP contribution in [0.3, 0.4) is 0 Å². The molecule has 0 saturated carbocycles. The van der Waals surface area contributed by atoms with Gasteiger partial charge in [-0.05, 0) is 12.1 Å². The molecule has 1 aromatic carbocycles. The van der Waals surface area contributed by atoms with Crippen LogP contribution in [0.5, 0.6) is 5.75 Å². The monoisotopic (exact) mass is 292 g/mol. The summed E-state index contributed by atoms with van der Waals surface area (Å²) in [6, 6.07) is 2.71. The molecule has 1 aromatic rings. The van der Waals surface area contributed by atoms with Crippen LogP contribution in [0.4, 0.5) is 13.2 Å². The summed E-state index contributed by atoms with van der Waals surface area (Å²) in [5, 5.41) is 0.299. The van der Waals surface area contributed by atoms with Gasteiger partial charge in [-0.25, -0.2) is 0 Å². The number of hydrogen-bond donors (Lipinski definition) is 0. The van der Waals surface area contributed by atoms with Crippen LogP contribution in [0.2, 0.25) is 10.0 Å². The molecule has 0 radical (unpaired) electrons. The molecule has 0 aliphatic heterocycles. The van der Waals surface area contributed by atoms with E-state index in [1.165, 1.54) is 12.1 Å². The predicted molar refractivity (Wildman–Crippen MR) is 57.6 cm³/mol. The fraction of sp³-hybridized carbons (Fsp3) is 0.333. The minimum Gasteiger partial charge on any atom is -0.482 e. The fourth-order valence-electron chi connectivity index (χ4n) is 1.03. The van der Waals surface area contributed by atoms with E-state index in [1.807, 2.05) is 0 Å². The Hall–Kier alpha value is -0.320. The van der Waals surface area contributed by atoms with E-state index in [0.29, 0.717) is 10.6 Å². The highest BCUT2D eigenvalue weighted by molar-refractivity contribution is 6.35. The molecule has 0 fully saturated rings. The van der Waals surface area contributed by atoms with Crippen LogP contribution in [-0.2, 0) is 5.88 Å². The van der Waals surface area contributed by atoms with Crippen molar-refractivity contribution in [1.82, 2.24) is 0 Å². The maximum atomic E-state index is 12.0. The van der Waals surface area contributed by atoms with Gasteiger partial charge in [0, 0.05) is 10.6 Å². The third-order valence-electron chi connectivity index (χ3n) is 1.61. The second-order valence-electron chi connectivity index (χ2n) is 2.91. The van der Waals surface area contributed by atoms with E-state index in [2.05, 4.69) is 4.74 Å². The van der Waals surface area contributed by atoms with Crippen LogP contribution in [0.15, 0.2) is 12.1 Å².